The van der Waals surface area contributed by atoms with Crippen LogP contribution >= 0.6 is 11.8 Å². The summed E-state index contributed by atoms with van der Waals surface area (Å²) in [5, 5.41) is 6.23. The average molecular weight is 304 g/mol. The van der Waals surface area contributed by atoms with Gasteiger partial charge in [-0.25, -0.2) is 4.98 Å². The van der Waals surface area contributed by atoms with Crippen molar-refractivity contribution in [2.75, 3.05) is 25.9 Å². The van der Waals surface area contributed by atoms with E-state index >= 15 is 0 Å². The van der Waals surface area contributed by atoms with Crippen LogP contribution in [0, 0.1) is 5.92 Å². The number of hydrogen-bond donors (Lipinski definition) is 2. The Morgan fingerprint density at radius 3 is 3.00 bits per heavy atom. The Bertz CT molecular complexity index is 636. The lowest BCUT2D eigenvalue weighted by molar-refractivity contribution is -0.121. The summed E-state index contributed by atoms with van der Waals surface area (Å²) in [7, 11) is 0. The number of aromatic nitrogens is 2. The van der Waals surface area contributed by atoms with Gasteiger partial charge in [0.05, 0.1) is 16.8 Å². The monoisotopic (exact) mass is 304 g/mol. The van der Waals surface area contributed by atoms with Gasteiger partial charge in [0.1, 0.15) is 12.4 Å². The quantitative estimate of drug-likeness (QED) is 0.843. The van der Waals surface area contributed by atoms with Gasteiger partial charge in [-0.05, 0) is 18.4 Å². The van der Waals surface area contributed by atoms with E-state index in [4.69, 9.17) is 0 Å². The molecule has 3 rings (SSSR count). The number of rotatable bonds is 6. The normalized spacial score (nSPS) is 15.1. The van der Waals surface area contributed by atoms with E-state index in [1.807, 2.05) is 35.1 Å². The number of para-hydroxylation sites is 2. The first kappa shape index (κ1) is 14.4. The number of nitrogens with one attached hydrogen (secondary N) is 2. The molecule has 0 aliphatic carbocycles. The number of benzene rings is 1. The van der Waals surface area contributed by atoms with Gasteiger partial charge < -0.3 is 15.2 Å². The van der Waals surface area contributed by atoms with Crippen molar-refractivity contribution in [3.63, 3.8) is 0 Å². The number of nitrogens with zero attached hydrogens (tertiary/aromatic N) is 2. The summed E-state index contributed by atoms with van der Waals surface area (Å²) >= 11 is 1.72. The Morgan fingerprint density at radius 1 is 1.48 bits per heavy atom. The zero-order valence-electron chi connectivity index (χ0n) is 12.1. The first-order valence-electron chi connectivity index (χ1n) is 7.18. The second-order valence-corrected chi connectivity index (χ2v) is 6.23. The summed E-state index contributed by atoms with van der Waals surface area (Å²) in [4.78, 5) is 16.8. The second kappa shape index (κ2) is 6.49. The van der Waals surface area contributed by atoms with E-state index in [2.05, 4.69) is 15.6 Å². The minimum Gasteiger partial charge on any atom is -0.354 e. The maximum Gasteiger partial charge on any atom is 0.240 e. The maximum absolute atomic E-state index is 12.2. The fourth-order valence-electron chi connectivity index (χ4n) is 2.49. The van der Waals surface area contributed by atoms with Crippen molar-refractivity contribution in [1.82, 2.24) is 20.2 Å². The number of amides is 1. The van der Waals surface area contributed by atoms with Gasteiger partial charge >= 0.3 is 0 Å². The van der Waals surface area contributed by atoms with Crippen LogP contribution in [0.25, 0.3) is 11.0 Å². The standard InChI is InChI=1S/C15H20N4OS/c1-21-10-14-18-12-4-2-3-5-13(12)19(14)9-15(20)17-8-11-6-16-7-11/h2-5,11,16H,6-10H2,1H3,(H,17,20). The van der Waals surface area contributed by atoms with Crippen LogP contribution in [0.4, 0.5) is 0 Å². The number of carbonyl (C=O) groups excluding carboxylic acids is 1. The third kappa shape index (κ3) is 3.22. The summed E-state index contributed by atoms with van der Waals surface area (Å²) in [6, 6.07) is 7.98. The van der Waals surface area contributed by atoms with Crippen LogP contribution in [0.1, 0.15) is 5.82 Å². The van der Waals surface area contributed by atoms with E-state index in [0.29, 0.717) is 12.5 Å². The van der Waals surface area contributed by atoms with E-state index < -0.39 is 0 Å². The summed E-state index contributed by atoms with van der Waals surface area (Å²) in [5.74, 6) is 2.42. The fourth-order valence-corrected chi connectivity index (χ4v) is 2.97. The highest BCUT2D eigenvalue weighted by atomic mass is 32.2. The fraction of sp³-hybridized carbons (Fsp3) is 0.467. The van der Waals surface area contributed by atoms with Gasteiger partial charge in [0.2, 0.25) is 5.91 Å². The van der Waals surface area contributed by atoms with Gasteiger partial charge in [0, 0.05) is 25.6 Å². The highest BCUT2D eigenvalue weighted by molar-refractivity contribution is 7.97. The molecule has 0 bridgehead atoms. The van der Waals surface area contributed by atoms with Crippen molar-refractivity contribution in [2.45, 2.75) is 12.3 Å². The molecule has 1 fully saturated rings. The molecule has 2 heterocycles. The van der Waals surface area contributed by atoms with Gasteiger partial charge in [-0.1, -0.05) is 12.1 Å². The Hall–Kier alpha value is -1.53. The van der Waals surface area contributed by atoms with Crippen molar-refractivity contribution >= 4 is 28.7 Å². The maximum atomic E-state index is 12.2. The van der Waals surface area contributed by atoms with Crippen LogP contribution < -0.4 is 10.6 Å². The summed E-state index contributed by atoms with van der Waals surface area (Å²) in [6.45, 7) is 3.12. The Morgan fingerprint density at radius 2 is 2.29 bits per heavy atom. The van der Waals surface area contributed by atoms with Crippen molar-refractivity contribution in [3.05, 3.63) is 30.1 Å². The Kier molecular flexibility index (Phi) is 4.45. The summed E-state index contributed by atoms with van der Waals surface area (Å²) in [6.07, 6.45) is 2.05. The third-order valence-corrected chi connectivity index (χ3v) is 4.31. The molecule has 1 aromatic carbocycles. The van der Waals surface area contributed by atoms with E-state index in [-0.39, 0.29) is 5.91 Å². The van der Waals surface area contributed by atoms with Gasteiger partial charge in [-0.2, -0.15) is 11.8 Å². The predicted octanol–water partition coefficient (Wildman–Crippen LogP) is 1.23. The van der Waals surface area contributed by atoms with Crippen molar-refractivity contribution in [2.24, 2.45) is 5.92 Å². The first-order valence-corrected chi connectivity index (χ1v) is 8.58. The largest absolute Gasteiger partial charge is 0.354 e. The predicted molar refractivity (Wildman–Crippen MR) is 86.3 cm³/mol. The number of hydrogen-bond acceptors (Lipinski definition) is 4. The van der Waals surface area contributed by atoms with Gasteiger partial charge in [0.15, 0.2) is 0 Å². The lowest BCUT2D eigenvalue weighted by atomic mass is 10.0. The van der Waals surface area contributed by atoms with Crippen molar-refractivity contribution < 1.29 is 4.79 Å². The molecule has 21 heavy (non-hydrogen) atoms. The molecular weight excluding hydrogens is 284 g/mol. The summed E-state index contributed by atoms with van der Waals surface area (Å²) in [5.41, 5.74) is 1.99. The number of imidazole rings is 1. The SMILES string of the molecule is CSCc1nc2ccccc2n1CC(=O)NCC1CNC1. The zero-order valence-corrected chi connectivity index (χ0v) is 12.9. The second-order valence-electron chi connectivity index (χ2n) is 5.36. The van der Waals surface area contributed by atoms with E-state index in [9.17, 15) is 4.79 Å². The lowest BCUT2D eigenvalue weighted by Gasteiger charge is -2.27. The molecule has 0 radical (unpaired) electrons. The molecule has 1 aliphatic heterocycles. The van der Waals surface area contributed by atoms with Crippen LogP contribution in [-0.2, 0) is 17.1 Å². The molecule has 6 heteroatoms. The molecule has 2 N–H and O–H groups in total. The van der Waals surface area contributed by atoms with Crippen LogP contribution in [0.15, 0.2) is 24.3 Å². The first-order chi connectivity index (χ1) is 10.3. The van der Waals surface area contributed by atoms with Crippen molar-refractivity contribution in [3.8, 4) is 0 Å². The lowest BCUT2D eigenvalue weighted by Crippen LogP contribution is -2.48. The highest BCUT2D eigenvalue weighted by Gasteiger charge is 2.18. The molecule has 0 unspecified atom stereocenters. The molecule has 1 aromatic heterocycles. The smallest absolute Gasteiger partial charge is 0.240 e. The van der Waals surface area contributed by atoms with Gasteiger partial charge in [-0.3, -0.25) is 4.79 Å². The van der Waals surface area contributed by atoms with Crippen LogP contribution in [0.3, 0.4) is 0 Å². The van der Waals surface area contributed by atoms with Gasteiger partial charge in [0.25, 0.3) is 0 Å². The zero-order chi connectivity index (χ0) is 14.7. The number of thioether (sulfide) groups is 1. The molecule has 1 saturated heterocycles. The molecule has 0 atom stereocenters. The molecule has 2 aromatic rings. The molecule has 5 nitrogen and oxygen atoms in total. The minimum absolute atomic E-state index is 0.0624. The van der Waals surface area contributed by atoms with Crippen LogP contribution in [-0.4, -0.2) is 41.3 Å². The molecule has 0 spiro atoms. The molecule has 112 valence electrons. The van der Waals surface area contributed by atoms with E-state index in [1.165, 1.54) is 0 Å². The van der Waals surface area contributed by atoms with Crippen molar-refractivity contribution in [1.29, 1.82) is 0 Å². The number of fused-ring (bicyclic) bond motifs is 1. The van der Waals surface area contributed by atoms with Crippen LogP contribution in [0.5, 0.6) is 0 Å². The van der Waals surface area contributed by atoms with Crippen LogP contribution in [0.2, 0.25) is 0 Å². The third-order valence-electron chi connectivity index (χ3n) is 3.76. The topological polar surface area (TPSA) is 59.0 Å². The summed E-state index contributed by atoms with van der Waals surface area (Å²) < 4.78 is 2.03. The Balaban J connectivity index is 1.74. The highest BCUT2D eigenvalue weighted by Crippen LogP contribution is 2.18. The molecule has 1 amide bonds. The minimum atomic E-state index is 0.0624. The van der Waals surface area contributed by atoms with E-state index in [1.54, 1.807) is 11.8 Å². The molecule has 1 aliphatic rings. The van der Waals surface area contributed by atoms with E-state index in [0.717, 1.165) is 42.2 Å². The average Bonchev–Trinajstić information content (AvgIpc) is 2.76. The van der Waals surface area contributed by atoms with Gasteiger partial charge in [-0.15, -0.1) is 0 Å². The number of carbonyl (C=O) groups is 1. The Labute approximate surface area is 128 Å². The molecule has 0 saturated carbocycles. The molecular formula is C15H20N4OS.